The van der Waals surface area contributed by atoms with Crippen LogP contribution in [0.15, 0.2) is 42.5 Å². The fourth-order valence-corrected chi connectivity index (χ4v) is 4.55. The summed E-state index contributed by atoms with van der Waals surface area (Å²) < 4.78 is 26.4. The van der Waals surface area contributed by atoms with E-state index in [2.05, 4.69) is 5.32 Å². The molecule has 9 heteroatoms. The largest absolute Gasteiger partial charge is 0.352 e. The fourth-order valence-electron chi connectivity index (χ4n) is 3.51. The summed E-state index contributed by atoms with van der Waals surface area (Å²) in [5, 5.41) is 3.46. The van der Waals surface area contributed by atoms with Crippen LogP contribution < -0.4 is 9.62 Å². The van der Waals surface area contributed by atoms with E-state index in [1.54, 1.807) is 50.2 Å². The van der Waals surface area contributed by atoms with Gasteiger partial charge in [0, 0.05) is 17.6 Å². The summed E-state index contributed by atoms with van der Waals surface area (Å²) in [7, 11) is -3.76. The molecule has 2 aromatic carbocycles. The molecule has 0 spiro atoms. The number of halogens is 1. The molecule has 34 heavy (non-hydrogen) atoms. The zero-order valence-corrected chi connectivity index (χ0v) is 22.2. The first-order valence-electron chi connectivity index (χ1n) is 11.2. The second-order valence-electron chi connectivity index (χ2n) is 8.70. The van der Waals surface area contributed by atoms with Gasteiger partial charge in [0.25, 0.3) is 0 Å². The van der Waals surface area contributed by atoms with Gasteiger partial charge in [-0.2, -0.15) is 0 Å². The van der Waals surface area contributed by atoms with Crippen molar-refractivity contribution >= 4 is 39.1 Å². The quantitative estimate of drug-likeness (QED) is 0.525. The Morgan fingerprint density at radius 3 is 2.21 bits per heavy atom. The fraction of sp³-hybridized carbons (Fsp3) is 0.440. The minimum atomic E-state index is -3.76. The molecule has 0 saturated carbocycles. The first-order chi connectivity index (χ1) is 15.8. The highest BCUT2D eigenvalue weighted by atomic mass is 35.5. The van der Waals surface area contributed by atoms with Gasteiger partial charge in [0.1, 0.15) is 12.6 Å². The first-order valence-corrected chi connectivity index (χ1v) is 13.4. The number of sulfonamides is 1. The van der Waals surface area contributed by atoms with Crippen LogP contribution in [0.4, 0.5) is 5.69 Å². The van der Waals surface area contributed by atoms with Crippen molar-refractivity contribution in [2.45, 2.75) is 59.7 Å². The smallest absolute Gasteiger partial charge is 0.244 e. The third-order valence-electron chi connectivity index (χ3n) is 5.73. The molecule has 0 heterocycles. The third kappa shape index (κ3) is 7.46. The van der Waals surface area contributed by atoms with Gasteiger partial charge in [-0.1, -0.05) is 48.4 Å². The number of nitrogens with zero attached hydrogens (tertiary/aromatic N) is 2. The molecular weight excluding hydrogens is 474 g/mol. The summed E-state index contributed by atoms with van der Waals surface area (Å²) in [5.41, 5.74) is 2.94. The Morgan fingerprint density at radius 1 is 1.06 bits per heavy atom. The van der Waals surface area contributed by atoms with E-state index in [1.165, 1.54) is 4.90 Å². The summed E-state index contributed by atoms with van der Waals surface area (Å²) in [6, 6.07) is 11.5. The second-order valence-corrected chi connectivity index (χ2v) is 11.0. The minimum absolute atomic E-state index is 0.0508. The van der Waals surface area contributed by atoms with Gasteiger partial charge in [0.05, 0.1) is 11.9 Å². The summed E-state index contributed by atoms with van der Waals surface area (Å²) in [5.74, 6) is -0.777. The highest BCUT2D eigenvalue weighted by Gasteiger charge is 2.30. The summed E-state index contributed by atoms with van der Waals surface area (Å²) in [4.78, 5) is 27.8. The highest BCUT2D eigenvalue weighted by Crippen LogP contribution is 2.24. The van der Waals surface area contributed by atoms with Crippen molar-refractivity contribution in [2.24, 2.45) is 0 Å². The van der Waals surface area contributed by atoms with Gasteiger partial charge >= 0.3 is 0 Å². The van der Waals surface area contributed by atoms with Crippen LogP contribution in [-0.2, 0) is 26.2 Å². The molecule has 0 unspecified atom stereocenters. The van der Waals surface area contributed by atoms with Crippen LogP contribution >= 0.6 is 11.6 Å². The van der Waals surface area contributed by atoms with Gasteiger partial charge in [-0.25, -0.2) is 8.42 Å². The van der Waals surface area contributed by atoms with Crippen LogP contribution in [0.2, 0.25) is 5.02 Å². The molecule has 0 bridgehead atoms. The van der Waals surface area contributed by atoms with E-state index in [9.17, 15) is 18.0 Å². The molecule has 2 atom stereocenters. The van der Waals surface area contributed by atoms with Crippen LogP contribution in [-0.4, -0.2) is 50.0 Å². The SMILES string of the molecule is CC[C@@H](C)NC(=O)[C@@H](C)N(Cc1ccc(Cl)cc1)C(=O)CN(c1ccc(C)cc1C)S(C)(=O)=O. The molecule has 0 radical (unpaired) electrons. The van der Waals surface area contributed by atoms with E-state index in [0.717, 1.165) is 33.7 Å². The Morgan fingerprint density at radius 2 is 1.68 bits per heavy atom. The van der Waals surface area contributed by atoms with Crippen molar-refractivity contribution in [2.75, 3.05) is 17.1 Å². The number of anilines is 1. The molecule has 0 aliphatic heterocycles. The van der Waals surface area contributed by atoms with Gasteiger partial charge in [-0.3, -0.25) is 13.9 Å². The second kappa shape index (κ2) is 11.7. The molecule has 2 rings (SSSR count). The lowest BCUT2D eigenvalue weighted by molar-refractivity contribution is -0.139. The van der Waals surface area contributed by atoms with E-state index < -0.39 is 28.5 Å². The predicted octanol–water partition coefficient (Wildman–Crippen LogP) is 4.05. The van der Waals surface area contributed by atoms with Gasteiger partial charge < -0.3 is 10.2 Å². The van der Waals surface area contributed by atoms with Gasteiger partial charge in [-0.05, 0) is 63.4 Å². The Labute approximate surface area is 208 Å². The average Bonchev–Trinajstić information content (AvgIpc) is 2.76. The lowest BCUT2D eigenvalue weighted by Gasteiger charge is -2.32. The lowest BCUT2D eigenvalue weighted by atomic mass is 10.1. The van der Waals surface area contributed by atoms with E-state index in [4.69, 9.17) is 11.6 Å². The maximum absolute atomic E-state index is 13.5. The van der Waals surface area contributed by atoms with Gasteiger partial charge in [0.2, 0.25) is 21.8 Å². The molecule has 0 aliphatic carbocycles. The molecular formula is C25H34ClN3O4S. The number of hydrogen-bond donors (Lipinski definition) is 1. The Hall–Kier alpha value is -2.58. The summed E-state index contributed by atoms with van der Waals surface area (Å²) >= 11 is 5.99. The first kappa shape index (κ1) is 27.7. The molecule has 2 aromatic rings. The molecule has 0 saturated heterocycles. The Kier molecular flexibility index (Phi) is 9.53. The van der Waals surface area contributed by atoms with Crippen LogP contribution in [0.25, 0.3) is 0 Å². The number of carbonyl (C=O) groups is 2. The highest BCUT2D eigenvalue weighted by molar-refractivity contribution is 7.92. The third-order valence-corrected chi connectivity index (χ3v) is 7.11. The van der Waals surface area contributed by atoms with E-state index in [0.29, 0.717) is 10.7 Å². The molecule has 7 nitrogen and oxygen atoms in total. The van der Waals surface area contributed by atoms with Crippen molar-refractivity contribution in [3.8, 4) is 0 Å². The maximum atomic E-state index is 13.5. The zero-order chi connectivity index (χ0) is 25.6. The van der Waals surface area contributed by atoms with Crippen molar-refractivity contribution in [3.63, 3.8) is 0 Å². The molecule has 2 amide bonds. The van der Waals surface area contributed by atoms with Crippen LogP contribution in [0.1, 0.15) is 43.9 Å². The molecule has 0 fully saturated rings. The number of hydrogen-bond acceptors (Lipinski definition) is 4. The van der Waals surface area contributed by atoms with Crippen LogP contribution in [0, 0.1) is 13.8 Å². The average molecular weight is 508 g/mol. The summed E-state index contributed by atoms with van der Waals surface area (Å²) in [6.07, 6.45) is 1.82. The molecule has 0 aliphatic rings. The van der Waals surface area contributed by atoms with Crippen molar-refractivity contribution in [1.29, 1.82) is 0 Å². The topological polar surface area (TPSA) is 86.8 Å². The number of aryl methyl sites for hydroxylation is 2. The van der Waals surface area contributed by atoms with Crippen LogP contribution in [0.5, 0.6) is 0 Å². The van der Waals surface area contributed by atoms with E-state index in [-0.39, 0.29) is 18.5 Å². The Bertz CT molecular complexity index is 1120. The number of amides is 2. The zero-order valence-electron chi connectivity index (χ0n) is 20.6. The van der Waals surface area contributed by atoms with Crippen molar-refractivity contribution < 1.29 is 18.0 Å². The lowest BCUT2D eigenvalue weighted by Crippen LogP contribution is -2.52. The van der Waals surface area contributed by atoms with E-state index in [1.807, 2.05) is 26.8 Å². The van der Waals surface area contributed by atoms with Crippen LogP contribution in [0.3, 0.4) is 0 Å². The Balaban J connectivity index is 2.41. The molecule has 0 aromatic heterocycles. The monoisotopic (exact) mass is 507 g/mol. The number of nitrogens with one attached hydrogen (secondary N) is 1. The van der Waals surface area contributed by atoms with E-state index >= 15 is 0 Å². The minimum Gasteiger partial charge on any atom is -0.352 e. The predicted molar refractivity (Wildman–Crippen MR) is 137 cm³/mol. The normalized spacial score (nSPS) is 13.1. The van der Waals surface area contributed by atoms with Crippen molar-refractivity contribution in [1.82, 2.24) is 10.2 Å². The van der Waals surface area contributed by atoms with Gasteiger partial charge in [0.15, 0.2) is 0 Å². The number of carbonyl (C=O) groups excluding carboxylic acids is 2. The maximum Gasteiger partial charge on any atom is 0.244 e. The van der Waals surface area contributed by atoms with Gasteiger partial charge in [-0.15, -0.1) is 0 Å². The summed E-state index contributed by atoms with van der Waals surface area (Å²) in [6.45, 7) is 8.93. The number of rotatable bonds is 10. The molecule has 186 valence electrons. The number of benzene rings is 2. The standard InChI is InChI=1S/C25H34ClN3O4S/c1-7-19(4)27-25(31)20(5)28(15-21-9-11-22(26)12-10-21)24(30)16-29(34(6,32)33)23-13-8-17(2)14-18(23)3/h8-14,19-20H,7,15-16H2,1-6H3,(H,27,31)/t19-,20-/m1/s1. The van der Waals surface area contributed by atoms with Crippen molar-refractivity contribution in [3.05, 3.63) is 64.2 Å². The molecule has 1 N–H and O–H groups in total.